The van der Waals surface area contributed by atoms with Crippen LogP contribution in [0.4, 0.5) is 0 Å². The van der Waals surface area contributed by atoms with E-state index < -0.39 is 5.60 Å². The van der Waals surface area contributed by atoms with Crippen molar-refractivity contribution in [2.24, 2.45) is 0 Å². The van der Waals surface area contributed by atoms with E-state index in [-0.39, 0.29) is 11.7 Å². The predicted molar refractivity (Wildman–Crippen MR) is 85.7 cm³/mol. The molecule has 1 aromatic rings. The summed E-state index contributed by atoms with van der Waals surface area (Å²) < 4.78 is 0. The smallest absolute Gasteiger partial charge is 0.233 e. The van der Waals surface area contributed by atoms with Gasteiger partial charge in [-0.3, -0.25) is 4.79 Å². The second kappa shape index (κ2) is 6.27. The number of likely N-dealkylation sites (tertiary alicyclic amines) is 1. The van der Waals surface area contributed by atoms with Gasteiger partial charge in [0.1, 0.15) is 11.1 Å². The lowest BCUT2D eigenvalue weighted by molar-refractivity contribution is -0.128. The number of nitrogens with zero attached hydrogens (tertiary/aromatic N) is 3. The number of carbonyl (C=O) groups is 1. The third-order valence-electron chi connectivity index (χ3n) is 4.21. The Morgan fingerprint density at radius 2 is 2.14 bits per heavy atom. The molecular weight excluding hydrogens is 298 g/mol. The lowest BCUT2D eigenvalue weighted by Gasteiger charge is -2.19. The first-order valence-corrected chi connectivity index (χ1v) is 8.24. The van der Waals surface area contributed by atoms with Crippen molar-refractivity contribution in [2.75, 3.05) is 18.8 Å². The lowest BCUT2D eigenvalue weighted by Crippen LogP contribution is -2.34. The Labute approximate surface area is 135 Å². The van der Waals surface area contributed by atoms with E-state index in [2.05, 4.69) is 11.1 Å². The number of nitriles is 1. The van der Waals surface area contributed by atoms with E-state index in [0.717, 1.165) is 16.8 Å². The summed E-state index contributed by atoms with van der Waals surface area (Å²) in [5.41, 5.74) is 2.59. The van der Waals surface area contributed by atoms with Gasteiger partial charge in [-0.1, -0.05) is 11.8 Å². The Bertz CT molecular complexity index is 650. The summed E-state index contributed by atoms with van der Waals surface area (Å²) in [7, 11) is 0. The monoisotopic (exact) mass is 319 g/mol. The predicted octanol–water partition coefficient (Wildman–Crippen LogP) is 1.95. The maximum atomic E-state index is 12.2. The van der Waals surface area contributed by atoms with Crippen LogP contribution in [0.25, 0.3) is 0 Å². The van der Waals surface area contributed by atoms with E-state index >= 15 is 0 Å². The molecule has 0 radical (unpaired) electrons. The molecule has 0 bridgehead atoms. The maximum absolute atomic E-state index is 12.2. The standard InChI is InChI=1S/C16H21N3O2S/c1-10-11(2)13(7-17)15(18-12(10)3)22-8-14(20)19-6-5-16(4,21)9-19/h21H,5-6,8-9H2,1-4H3/t16-/m1/s1. The van der Waals surface area contributed by atoms with Gasteiger partial charge in [0.2, 0.25) is 5.91 Å². The molecule has 1 saturated heterocycles. The summed E-state index contributed by atoms with van der Waals surface area (Å²) in [5, 5.41) is 19.9. The van der Waals surface area contributed by atoms with Crippen LogP contribution in [-0.2, 0) is 4.79 Å². The molecule has 1 aliphatic heterocycles. The molecule has 0 spiro atoms. The number of aliphatic hydroxyl groups is 1. The SMILES string of the molecule is Cc1nc(SCC(=O)N2CC[C@@](C)(O)C2)c(C#N)c(C)c1C. The van der Waals surface area contributed by atoms with Gasteiger partial charge in [-0.25, -0.2) is 4.98 Å². The second-order valence-corrected chi connectivity index (χ2v) is 7.05. The topological polar surface area (TPSA) is 77.2 Å². The Balaban J connectivity index is 2.09. The van der Waals surface area contributed by atoms with Crippen molar-refractivity contribution in [1.29, 1.82) is 5.26 Å². The van der Waals surface area contributed by atoms with E-state index in [9.17, 15) is 15.2 Å². The highest BCUT2D eigenvalue weighted by molar-refractivity contribution is 8.00. The number of amides is 1. The third-order valence-corrected chi connectivity index (χ3v) is 5.17. The molecule has 0 aliphatic carbocycles. The van der Waals surface area contributed by atoms with Crippen molar-refractivity contribution in [1.82, 2.24) is 9.88 Å². The van der Waals surface area contributed by atoms with Crippen molar-refractivity contribution in [3.05, 3.63) is 22.4 Å². The van der Waals surface area contributed by atoms with Crippen LogP contribution in [0.2, 0.25) is 0 Å². The molecule has 1 aliphatic rings. The van der Waals surface area contributed by atoms with Gasteiger partial charge in [0.25, 0.3) is 0 Å². The molecule has 1 N–H and O–H groups in total. The second-order valence-electron chi connectivity index (χ2n) is 6.09. The third kappa shape index (κ3) is 3.42. The molecule has 5 nitrogen and oxygen atoms in total. The Hall–Kier alpha value is -1.58. The van der Waals surface area contributed by atoms with E-state index in [1.807, 2.05) is 20.8 Å². The van der Waals surface area contributed by atoms with Crippen molar-refractivity contribution >= 4 is 17.7 Å². The molecule has 6 heteroatoms. The fourth-order valence-electron chi connectivity index (χ4n) is 2.53. The number of β-amino-alcohol motifs (C(OH)–C–C–N with tert-alkyl or cyclic N) is 1. The Kier molecular flexibility index (Phi) is 4.78. The molecule has 0 aromatic carbocycles. The van der Waals surface area contributed by atoms with E-state index in [1.165, 1.54) is 11.8 Å². The summed E-state index contributed by atoms with van der Waals surface area (Å²) in [6.07, 6.45) is 0.605. The summed E-state index contributed by atoms with van der Waals surface area (Å²) in [4.78, 5) is 18.4. The molecule has 0 saturated carbocycles. The largest absolute Gasteiger partial charge is 0.388 e. The minimum Gasteiger partial charge on any atom is -0.388 e. The number of pyridine rings is 1. The van der Waals surface area contributed by atoms with Crippen LogP contribution in [0.1, 0.15) is 35.7 Å². The molecule has 2 rings (SSSR count). The number of rotatable bonds is 3. The van der Waals surface area contributed by atoms with E-state index in [4.69, 9.17) is 0 Å². The summed E-state index contributed by atoms with van der Waals surface area (Å²) in [6, 6.07) is 2.19. The highest BCUT2D eigenvalue weighted by Crippen LogP contribution is 2.27. The fourth-order valence-corrected chi connectivity index (χ4v) is 3.51. The van der Waals surface area contributed by atoms with Crippen LogP contribution in [0.15, 0.2) is 5.03 Å². The van der Waals surface area contributed by atoms with Gasteiger partial charge in [-0.05, 0) is 45.2 Å². The summed E-state index contributed by atoms with van der Waals surface area (Å²) in [5.74, 6) is 0.212. The molecule has 1 atom stereocenters. The average molecular weight is 319 g/mol. The first kappa shape index (κ1) is 16.8. The van der Waals surface area contributed by atoms with Gasteiger partial charge in [0, 0.05) is 18.8 Å². The quantitative estimate of drug-likeness (QED) is 0.862. The summed E-state index contributed by atoms with van der Waals surface area (Å²) >= 11 is 1.30. The van der Waals surface area contributed by atoms with Crippen molar-refractivity contribution < 1.29 is 9.90 Å². The number of aryl methyl sites for hydroxylation is 1. The normalized spacial score (nSPS) is 21.0. The van der Waals surface area contributed by atoms with Crippen molar-refractivity contribution in [3.63, 3.8) is 0 Å². The van der Waals surface area contributed by atoms with E-state index in [0.29, 0.717) is 30.1 Å². The van der Waals surface area contributed by atoms with Crippen molar-refractivity contribution in [2.45, 2.75) is 44.7 Å². The highest BCUT2D eigenvalue weighted by atomic mass is 32.2. The number of aromatic nitrogens is 1. The first-order chi connectivity index (χ1) is 10.2. The zero-order valence-corrected chi connectivity index (χ0v) is 14.3. The molecular formula is C16H21N3O2S. The number of hydrogen-bond donors (Lipinski definition) is 1. The van der Waals surface area contributed by atoms with Gasteiger partial charge in [-0.15, -0.1) is 0 Å². The molecule has 118 valence electrons. The van der Waals surface area contributed by atoms with Crippen LogP contribution in [-0.4, -0.2) is 45.3 Å². The summed E-state index contributed by atoms with van der Waals surface area (Å²) in [6.45, 7) is 8.47. The zero-order valence-electron chi connectivity index (χ0n) is 13.4. The first-order valence-electron chi connectivity index (χ1n) is 7.26. The Morgan fingerprint density at radius 1 is 1.45 bits per heavy atom. The minimum absolute atomic E-state index is 0.0238. The van der Waals surface area contributed by atoms with Gasteiger partial charge >= 0.3 is 0 Å². The lowest BCUT2D eigenvalue weighted by atomic mass is 10.1. The van der Waals surface area contributed by atoms with Gasteiger partial charge in [-0.2, -0.15) is 5.26 Å². The van der Waals surface area contributed by atoms with Gasteiger partial charge in [0.15, 0.2) is 0 Å². The molecule has 1 aromatic heterocycles. The minimum atomic E-state index is -0.784. The molecule has 22 heavy (non-hydrogen) atoms. The molecule has 1 amide bonds. The van der Waals surface area contributed by atoms with Crippen molar-refractivity contribution in [3.8, 4) is 6.07 Å². The number of thioether (sulfide) groups is 1. The highest BCUT2D eigenvalue weighted by Gasteiger charge is 2.33. The Morgan fingerprint density at radius 3 is 2.68 bits per heavy atom. The number of carbonyl (C=O) groups excluding carboxylic acids is 1. The fraction of sp³-hybridized carbons (Fsp3) is 0.562. The molecule has 2 heterocycles. The van der Waals surface area contributed by atoms with Crippen LogP contribution < -0.4 is 0 Å². The van der Waals surface area contributed by atoms with Crippen LogP contribution >= 0.6 is 11.8 Å². The number of hydrogen-bond acceptors (Lipinski definition) is 5. The maximum Gasteiger partial charge on any atom is 0.233 e. The van der Waals surface area contributed by atoms with E-state index in [1.54, 1.807) is 11.8 Å². The van der Waals surface area contributed by atoms with Crippen LogP contribution in [0.3, 0.4) is 0 Å². The molecule has 0 unspecified atom stereocenters. The van der Waals surface area contributed by atoms with Gasteiger partial charge < -0.3 is 10.0 Å². The van der Waals surface area contributed by atoms with Crippen LogP contribution in [0.5, 0.6) is 0 Å². The average Bonchev–Trinajstić information content (AvgIpc) is 2.82. The van der Waals surface area contributed by atoms with Gasteiger partial charge in [0.05, 0.1) is 16.9 Å². The zero-order chi connectivity index (χ0) is 16.5. The van der Waals surface area contributed by atoms with Crippen LogP contribution in [0, 0.1) is 32.1 Å². The molecule has 1 fully saturated rings.